The molecule has 0 bridgehead atoms. The number of carbonyl (C=O) groups is 1. The van der Waals surface area contributed by atoms with Gasteiger partial charge in [-0.25, -0.2) is 0 Å². The van der Waals surface area contributed by atoms with Crippen molar-refractivity contribution in [3.63, 3.8) is 0 Å². The van der Waals surface area contributed by atoms with Gasteiger partial charge in [-0.1, -0.05) is 20.8 Å². The van der Waals surface area contributed by atoms with Crippen molar-refractivity contribution in [2.75, 3.05) is 13.1 Å². The van der Waals surface area contributed by atoms with E-state index >= 15 is 0 Å². The van der Waals surface area contributed by atoms with Crippen LogP contribution in [0.1, 0.15) is 46.5 Å². The van der Waals surface area contributed by atoms with Crippen molar-refractivity contribution in [3.8, 4) is 0 Å². The lowest BCUT2D eigenvalue weighted by atomic mass is 10.1. The summed E-state index contributed by atoms with van der Waals surface area (Å²) in [6, 6.07) is 0. The van der Waals surface area contributed by atoms with Gasteiger partial charge in [0.15, 0.2) is 0 Å². The molecule has 0 aromatic heterocycles. The zero-order valence-electron chi connectivity index (χ0n) is 10.1. The van der Waals surface area contributed by atoms with Gasteiger partial charge in [-0.3, -0.25) is 4.79 Å². The second-order valence-electron chi connectivity index (χ2n) is 4.77. The Balaban J connectivity index is 0.000000531. The molecular formula is C12H23NO2. The van der Waals surface area contributed by atoms with E-state index in [-0.39, 0.29) is 12.0 Å². The van der Waals surface area contributed by atoms with Crippen LogP contribution < -0.4 is 0 Å². The average molecular weight is 213 g/mol. The second-order valence-corrected chi connectivity index (χ2v) is 4.77. The van der Waals surface area contributed by atoms with Gasteiger partial charge in [0.2, 0.25) is 5.91 Å². The molecule has 0 spiro atoms. The van der Waals surface area contributed by atoms with E-state index in [1.807, 2.05) is 13.8 Å². The van der Waals surface area contributed by atoms with Gasteiger partial charge in [-0.2, -0.15) is 0 Å². The molecule has 15 heavy (non-hydrogen) atoms. The number of likely N-dealkylation sites (tertiary alicyclic amines) is 1. The lowest BCUT2D eigenvalue weighted by Gasteiger charge is -2.17. The first-order valence-corrected chi connectivity index (χ1v) is 6.05. The topological polar surface area (TPSA) is 40.5 Å². The van der Waals surface area contributed by atoms with E-state index in [0.717, 1.165) is 13.0 Å². The number of hydrogen-bond acceptors (Lipinski definition) is 2. The van der Waals surface area contributed by atoms with E-state index in [0.29, 0.717) is 18.4 Å². The third kappa shape index (κ3) is 3.49. The highest BCUT2D eigenvalue weighted by Crippen LogP contribution is 2.48. The first kappa shape index (κ1) is 12.5. The van der Waals surface area contributed by atoms with Gasteiger partial charge in [0.05, 0.1) is 6.10 Å². The Morgan fingerprint density at radius 1 is 1.47 bits per heavy atom. The molecule has 0 aromatic carbocycles. The number of rotatable bonds is 2. The maximum absolute atomic E-state index is 11.7. The summed E-state index contributed by atoms with van der Waals surface area (Å²) in [7, 11) is 0. The first-order chi connectivity index (χ1) is 7.09. The van der Waals surface area contributed by atoms with Crippen molar-refractivity contribution >= 4 is 5.91 Å². The number of aliphatic hydroxyl groups excluding tert-OH is 1. The van der Waals surface area contributed by atoms with Gasteiger partial charge in [0.25, 0.3) is 0 Å². The molecule has 2 rings (SSSR count). The van der Waals surface area contributed by atoms with Gasteiger partial charge < -0.3 is 10.0 Å². The van der Waals surface area contributed by atoms with Gasteiger partial charge in [0.1, 0.15) is 0 Å². The van der Waals surface area contributed by atoms with Crippen LogP contribution in [0.15, 0.2) is 0 Å². The van der Waals surface area contributed by atoms with Crippen LogP contribution in [0.2, 0.25) is 0 Å². The molecule has 3 heteroatoms. The zero-order valence-corrected chi connectivity index (χ0v) is 10.1. The molecule has 0 radical (unpaired) electrons. The van der Waals surface area contributed by atoms with E-state index in [2.05, 4.69) is 6.92 Å². The molecule has 1 unspecified atom stereocenters. The van der Waals surface area contributed by atoms with Crippen LogP contribution in [0.4, 0.5) is 0 Å². The lowest BCUT2D eigenvalue weighted by molar-refractivity contribution is -0.131. The molecule has 0 aromatic rings. The minimum atomic E-state index is -0.282. The summed E-state index contributed by atoms with van der Waals surface area (Å²) >= 11 is 0. The SMILES string of the molecule is CC.CC1(CC(=O)N2CCC(O)C2)CC1. The highest BCUT2D eigenvalue weighted by Gasteiger charge is 2.40. The largest absolute Gasteiger partial charge is 0.391 e. The number of amides is 1. The Labute approximate surface area is 92.5 Å². The van der Waals surface area contributed by atoms with Crippen LogP contribution >= 0.6 is 0 Å². The molecule has 1 N–H and O–H groups in total. The lowest BCUT2D eigenvalue weighted by Crippen LogP contribution is -2.30. The van der Waals surface area contributed by atoms with Crippen LogP contribution in [-0.4, -0.2) is 35.1 Å². The third-order valence-electron chi connectivity index (χ3n) is 3.20. The molecule has 2 fully saturated rings. The number of nitrogens with zero attached hydrogens (tertiary/aromatic N) is 1. The van der Waals surface area contributed by atoms with Gasteiger partial charge in [-0.05, 0) is 24.7 Å². The summed E-state index contributed by atoms with van der Waals surface area (Å²) < 4.78 is 0. The average Bonchev–Trinajstić information content (AvgIpc) is 2.78. The summed E-state index contributed by atoms with van der Waals surface area (Å²) in [5.41, 5.74) is 0.296. The number of hydrogen-bond donors (Lipinski definition) is 1. The Hall–Kier alpha value is -0.570. The number of β-amino-alcohol motifs (C(OH)–C–C–N with tert-alkyl or cyclic N) is 1. The fourth-order valence-electron chi connectivity index (χ4n) is 1.84. The van der Waals surface area contributed by atoms with Crippen molar-refractivity contribution in [3.05, 3.63) is 0 Å². The van der Waals surface area contributed by atoms with Crippen molar-refractivity contribution in [1.82, 2.24) is 4.90 Å². The fourth-order valence-corrected chi connectivity index (χ4v) is 1.84. The van der Waals surface area contributed by atoms with Crippen molar-refractivity contribution in [1.29, 1.82) is 0 Å². The van der Waals surface area contributed by atoms with Crippen molar-refractivity contribution < 1.29 is 9.90 Å². The molecule has 1 saturated carbocycles. The van der Waals surface area contributed by atoms with E-state index in [4.69, 9.17) is 0 Å². The predicted octanol–water partition coefficient (Wildman–Crippen LogP) is 1.80. The Morgan fingerprint density at radius 2 is 2.07 bits per heavy atom. The molecule has 1 aliphatic heterocycles. The standard InChI is InChI=1S/C10H17NO2.C2H6/c1-10(3-4-10)6-9(13)11-5-2-8(12)7-11;1-2/h8,12H,2-7H2,1H3;1-2H3. The minimum Gasteiger partial charge on any atom is -0.391 e. The summed E-state index contributed by atoms with van der Waals surface area (Å²) in [6.07, 6.45) is 3.53. The summed E-state index contributed by atoms with van der Waals surface area (Å²) in [5.74, 6) is 0.233. The molecule has 1 amide bonds. The molecule has 2 aliphatic rings. The third-order valence-corrected chi connectivity index (χ3v) is 3.20. The van der Waals surface area contributed by atoms with Crippen LogP contribution in [0.25, 0.3) is 0 Å². The van der Waals surface area contributed by atoms with Crippen LogP contribution in [0.5, 0.6) is 0 Å². The fraction of sp³-hybridized carbons (Fsp3) is 0.917. The second kappa shape index (κ2) is 4.97. The van der Waals surface area contributed by atoms with E-state index in [1.54, 1.807) is 4.90 Å². The smallest absolute Gasteiger partial charge is 0.223 e. The highest BCUT2D eigenvalue weighted by atomic mass is 16.3. The monoisotopic (exact) mass is 213 g/mol. The van der Waals surface area contributed by atoms with Gasteiger partial charge >= 0.3 is 0 Å². The highest BCUT2D eigenvalue weighted by molar-refractivity contribution is 5.77. The Bertz CT molecular complexity index is 224. The molecule has 1 heterocycles. The normalized spacial score (nSPS) is 26.9. The van der Waals surface area contributed by atoms with E-state index in [9.17, 15) is 9.90 Å². The van der Waals surface area contributed by atoms with Crippen LogP contribution in [0.3, 0.4) is 0 Å². The molecular weight excluding hydrogens is 190 g/mol. The Morgan fingerprint density at radius 3 is 2.47 bits per heavy atom. The number of carbonyl (C=O) groups excluding carboxylic acids is 1. The van der Waals surface area contributed by atoms with Gasteiger partial charge in [-0.15, -0.1) is 0 Å². The summed E-state index contributed by atoms with van der Waals surface area (Å²) in [4.78, 5) is 13.5. The summed E-state index contributed by atoms with van der Waals surface area (Å²) in [5, 5.41) is 9.27. The molecule has 1 aliphatic carbocycles. The quantitative estimate of drug-likeness (QED) is 0.760. The van der Waals surface area contributed by atoms with Crippen molar-refractivity contribution in [2.45, 2.75) is 52.6 Å². The predicted molar refractivity (Wildman–Crippen MR) is 60.5 cm³/mol. The number of aliphatic hydroxyl groups is 1. The molecule has 1 atom stereocenters. The zero-order chi connectivity index (χ0) is 11.5. The minimum absolute atomic E-state index is 0.233. The molecule has 3 nitrogen and oxygen atoms in total. The van der Waals surface area contributed by atoms with E-state index < -0.39 is 0 Å². The summed E-state index contributed by atoms with van der Waals surface area (Å²) in [6.45, 7) is 7.46. The first-order valence-electron chi connectivity index (χ1n) is 6.05. The van der Waals surface area contributed by atoms with E-state index in [1.165, 1.54) is 12.8 Å². The molecule has 88 valence electrons. The molecule has 1 saturated heterocycles. The Kier molecular flexibility index (Phi) is 4.14. The van der Waals surface area contributed by atoms with Crippen LogP contribution in [0, 0.1) is 5.41 Å². The van der Waals surface area contributed by atoms with Gasteiger partial charge in [0, 0.05) is 19.5 Å². The maximum Gasteiger partial charge on any atom is 0.223 e. The maximum atomic E-state index is 11.7. The van der Waals surface area contributed by atoms with Crippen molar-refractivity contribution in [2.24, 2.45) is 5.41 Å². The van der Waals surface area contributed by atoms with Crippen LogP contribution in [-0.2, 0) is 4.79 Å².